The molecule has 0 bridgehead atoms. The van der Waals surface area contributed by atoms with E-state index in [4.69, 9.17) is 9.47 Å². The Morgan fingerprint density at radius 3 is 2.56 bits per heavy atom. The largest absolute Gasteiger partial charge is 0.481 e. The molecule has 0 spiro atoms. The van der Waals surface area contributed by atoms with Crippen LogP contribution in [0.15, 0.2) is 42.5 Å². The molecule has 132 valence electrons. The highest BCUT2D eigenvalue weighted by molar-refractivity contribution is 5.97. The smallest absolute Gasteiger partial charge is 0.338 e. The third-order valence-electron chi connectivity index (χ3n) is 3.68. The zero-order chi connectivity index (χ0) is 18.4. The molecule has 5 nitrogen and oxygen atoms in total. The topological polar surface area (TPSA) is 64.6 Å². The highest BCUT2D eigenvalue weighted by Crippen LogP contribution is 2.19. The average Bonchev–Trinajstić information content (AvgIpc) is 2.57. The minimum Gasteiger partial charge on any atom is -0.481 e. The predicted octanol–water partition coefficient (Wildman–Crippen LogP) is 3.89. The van der Waals surface area contributed by atoms with E-state index in [2.05, 4.69) is 5.32 Å². The summed E-state index contributed by atoms with van der Waals surface area (Å²) >= 11 is 0. The summed E-state index contributed by atoms with van der Waals surface area (Å²) in [5, 5.41) is 2.81. The van der Waals surface area contributed by atoms with Crippen molar-refractivity contribution in [3.8, 4) is 5.75 Å². The number of hydrogen-bond acceptors (Lipinski definition) is 4. The molecule has 2 rings (SSSR count). The predicted molar refractivity (Wildman–Crippen MR) is 97.0 cm³/mol. The van der Waals surface area contributed by atoms with Crippen molar-refractivity contribution in [3.05, 3.63) is 59.2 Å². The van der Waals surface area contributed by atoms with E-state index in [9.17, 15) is 9.59 Å². The number of esters is 1. The second-order valence-corrected chi connectivity index (χ2v) is 5.82. The van der Waals surface area contributed by atoms with Crippen LogP contribution in [-0.4, -0.2) is 24.6 Å². The van der Waals surface area contributed by atoms with Gasteiger partial charge in [-0.1, -0.05) is 18.2 Å². The number of aryl methyl sites for hydroxylation is 2. The maximum atomic E-state index is 12.4. The Morgan fingerprint density at radius 1 is 1.12 bits per heavy atom. The van der Waals surface area contributed by atoms with Crippen molar-refractivity contribution in [2.24, 2.45) is 0 Å². The number of rotatable bonds is 6. The van der Waals surface area contributed by atoms with E-state index in [1.165, 1.54) is 0 Å². The van der Waals surface area contributed by atoms with Crippen LogP contribution in [0.4, 0.5) is 5.69 Å². The van der Waals surface area contributed by atoms with Crippen LogP contribution in [0.25, 0.3) is 0 Å². The molecule has 0 fully saturated rings. The molecule has 1 atom stereocenters. The van der Waals surface area contributed by atoms with E-state index >= 15 is 0 Å². The second kappa shape index (κ2) is 8.33. The molecule has 0 saturated heterocycles. The fraction of sp³-hybridized carbons (Fsp3) is 0.300. The fourth-order valence-corrected chi connectivity index (χ4v) is 2.28. The Morgan fingerprint density at radius 2 is 1.88 bits per heavy atom. The van der Waals surface area contributed by atoms with E-state index in [1.807, 2.05) is 38.1 Å². The van der Waals surface area contributed by atoms with Gasteiger partial charge in [-0.3, -0.25) is 4.79 Å². The number of ether oxygens (including phenoxy) is 2. The molecule has 0 radical (unpaired) electrons. The van der Waals surface area contributed by atoms with E-state index in [1.54, 1.807) is 32.0 Å². The quantitative estimate of drug-likeness (QED) is 0.810. The zero-order valence-corrected chi connectivity index (χ0v) is 15.0. The van der Waals surface area contributed by atoms with Gasteiger partial charge in [-0.25, -0.2) is 4.79 Å². The van der Waals surface area contributed by atoms with Gasteiger partial charge in [0.2, 0.25) is 0 Å². The summed E-state index contributed by atoms with van der Waals surface area (Å²) in [6.07, 6.45) is -0.674. The van der Waals surface area contributed by atoms with Gasteiger partial charge in [0.05, 0.1) is 12.2 Å². The van der Waals surface area contributed by atoms with Crippen molar-refractivity contribution in [1.82, 2.24) is 0 Å². The molecule has 0 aliphatic carbocycles. The minimum atomic E-state index is -0.674. The molecule has 0 saturated carbocycles. The SMILES string of the molecule is CCOC(=O)c1ccc(C)c(NC(=O)C(C)Oc2cccc(C)c2)c1. The van der Waals surface area contributed by atoms with Gasteiger partial charge in [0, 0.05) is 5.69 Å². The molecular formula is C20H23NO4. The first-order valence-corrected chi connectivity index (χ1v) is 8.22. The van der Waals surface area contributed by atoms with Crippen molar-refractivity contribution in [1.29, 1.82) is 0 Å². The van der Waals surface area contributed by atoms with Gasteiger partial charge in [0.1, 0.15) is 5.75 Å². The summed E-state index contributed by atoms with van der Waals surface area (Å²) in [5.41, 5.74) is 2.87. The van der Waals surface area contributed by atoms with Crippen LogP contribution in [-0.2, 0) is 9.53 Å². The van der Waals surface area contributed by atoms with Crippen LogP contribution in [0.1, 0.15) is 35.3 Å². The number of nitrogens with one attached hydrogen (secondary N) is 1. The molecular weight excluding hydrogens is 318 g/mol. The molecule has 0 aromatic heterocycles. The minimum absolute atomic E-state index is 0.286. The first kappa shape index (κ1) is 18.5. The summed E-state index contributed by atoms with van der Waals surface area (Å²) < 4.78 is 10.7. The Hall–Kier alpha value is -2.82. The van der Waals surface area contributed by atoms with Crippen molar-refractivity contribution >= 4 is 17.6 Å². The average molecular weight is 341 g/mol. The highest BCUT2D eigenvalue weighted by Gasteiger charge is 2.17. The summed E-state index contributed by atoms with van der Waals surface area (Å²) in [7, 11) is 0. The van der Waals surface area contributed by atoms with E-state index in [0.29, 0.717) is 23.6 Å². The zero-order valence-electron chi connectivity index (χ0n) is 15.0. The Kier molecular flexibility index (Phi) is 6.17. The molecule has 0 heterocycles. The van der Waals surface area contributed by atoms with Gasteiger partial charge in [-0.2, -0.15) is 0 Å². The maximum Gasteiger partial charge on any atom is 0.338 e. The molecule has 5 heteroatoms. The van der Waals surface area contributed by atoms with Crippen molar-refractivity contribution in [2.45, 2.75) is 33.8 Å². The Balaban J connectivity index is 2.08. The number of hydrogen-bond donors (Lipinski definition) is 1. The van der Waals surface area contributed by atoms with Gasteiger partial charge < -0.3 is 14.8 Å². The van der Waals surface area contributed by atoms with Gasteiger partial charge in [-0.05, 0) is 63.1 Å². The molecule has 1 amide bonds. The maximum absolute atomic E-state index is 12.4. The lowest BCUT2D eigenvalue weighted by Crippen LogP contribution is -2.30. The number of carbonyl (C=O) groups is 2. The molecule has 1 N–H and O–H groups in total. The summed E-state index contributed by atoms with van der Waals surface area (Å²) in [6.45, 7) is 7.55. The van der Waals surface area contributed by atoms with Crippen LogP contribution in [0.3, 0.4) is 0 Å². The summed E-state index contributed by atoms with van der Waals surface area (Å²) in [4.78, 5) is 24.2. The van der Waals surface area contributed by atoms with Crippen LogP contribution in [0, 0.1) is 13.8 Å². The van der Waals surface area contributed by atoms with Gasteiger partial charge in [0.15, 0.2) is 6.10 Å². The molecule has 2 aromatic rings. The number of anilines is 1. The number of amides is 1. The molecule has 25 heavy (non-hydrogen) atoms. The second-order valence-electron chi connectivity index (χ2n) is 5.82. The van der Waals surface area contributed by atoms with Crippen LogP contribution in [0.5, 0.6) is 5.75 Å². The van der Waals surface area contributed by atoms with E-state index < -0.39 is 12.1 Å². The van der Waals surface area contributed by atoms with Crippen LogP contribution in [0.2, 0.25) is 0 Å². The van der Waals surface area contributed by atoms with Crippen molar-refractivity contribution < 1.29 is 19.1 Å². The lowest BCUT2D eigenvalue weighted by molar-refractivity contribution is -0.122. The summed E-state index contributed by atoms with van der Waals surface area (Å²) in [5.74, 6) is -0.0627. The van der Waals surface area contributed by atoms with Crippen LogP contribution < -0.4 is 10.1 Å². The van der Waals surface area contributed by atoms with Crippen molar-refractivity contribution in [3.63, 3.8) is 0 Å². The van der Waals surface area contributed by atoms with Crippen LogP contribution >= 0.6 is 0 Å². The normalized spacial score (nSPS) is 11.5. The highest BCUT2D eigenvalue weighted by atomic mass is 16.5. The summed E-state index contributed by atoms with van der Waals surface area (Å²) in [6, 6.07) is 12.6. The van der Waals surface area contributed by atoms with E-state index in [-0.39, 0.29) is 5.91 Å². The van der Waals surface area contributed by atoms with Gasteiger partial charge >= 0.3 is 5.97 Å². The molecule has 1 unspecified atom stereocenters. The van der Waals surface area contributed by atoms with Crippen molar-refractivity contribution in [2.75, 3.05) is 11.9 Å². The third-order valence-corrected chi connectivity index (χ3v) is 3.68. The number of benzene rings is 2. The first-order chi connectivity index (χ1) is 11.9. The van der Waals surface area contributed by atoms with E-state index in [0.717, 1.165) is 11.1 Å². The molecule has 2 aromatic carbocycles. The lowest BCUT2D eigenvalue weighted by atomic mass is 10.1. The van der Waals surface area contributed by atoms with Gasteiger partial charge in [-0.15, -0.1) is 0 Å². The third kappa shape index (κ3) is 5.08. The molecule has 0 aliphatic heterocycles. The van der Waals surface area contributed by atoms with Gasteiger partial charge in [0.25, 0.3) is 5.91 Å². The lowest BCUT2D eigenvalue weighted by Gasteiger charge is -2.16. The standard InChI is InChI=1S/C20H23NO4/c1-5-24-20(23)16-10-9-14(3)18(12-16)21-19(22)15(4)25-17-8-6-7-13(2)11-17/h6-12,15H,5H2,1-4H3,(H,21,22). The molecule has 0 aliphatic rings. The Labute approximate surface area is 148 Å². The number of carbonyl (C=O) groups excluding carboxylic acids is 2. The fourth-order valence-electron chi connectivity index (χ4n) is 2.28. The Bertz CT molecular complexity index is 770. The first-order valence-electron chi connectivity index (χ1n) is 8.22. The monoisotopic (exact) mass is 341 g/mol.